The molecule has 0 bridgehead atoms. The van der Waals surface area contributed by atoms with Crippen molar-refractivity contribution in [2.24, 2.45) is 0 Å². The Morgan fingerprint density at radius 2 is 1.85 bits per heavy atom. The summed E-state index contributed by atoms with van der Waals surface area (Å²) >= 11 is 7.67. The first-order valence-corrected chi connectivity index (χ1v) is 8.08. The van der Waals surface area contributed by atoms with Gasteiger partial charge in [0.2, 0.25) is 0 Å². The van der Waals surface area contributed by atoms with Crippen LogP contribution < -0.4 is 0 Å². The number of nitrogens with zero attached hydrogens (tertiary/aromatic N) is 1. The average molecular weight is 306 g/mol. The molecule has 1 saturated heterocycles. The van der Waals surface area contributed by atoms with Crippen molar-refractivity contribution in [1.29, 1.82) is 0 Å². The third kappa shape index (κ3) is 2.89. The van der Waals surface area contributed by atoms with E-state index >= 15 is 0 Å². The van der Waals surface area contributed by atoms with E-state index in [0.717, 1.165) is 31.5 Å². The van der Waals surface area contributed by atoms with E-state index in [1.807, 2.05) is 16.2 Å². The predicted molar refractivity (Wildman–Crippen MR) is 83.6 cm³/mol. The lowest BCUT2D eigenvalue weighted by atomic mass is 9.95. The number of carbonyl (C=O) groups is 1. The van der Waals surface area contributed by atoms with Gasteiger partial charge in [-0.25, -0.2) is 0 Å². The van der Waals surface area contributed by atoms with Crippen molar-refractivity contribution in [2.45, 2.75) is 18.8 Å². The molecular formula is C16H16ClNOS. The van der Waals surface area contributed by atoms with Crippen LogP contribution in [0.1, 0.15) is 34.0 Å². The zero-order valence-corrected chi connectivity index (χ0v) is 12.7. The Morgan fingerprint density at radius 3 is 2.45 bits per heavy atom. The van der Waals surface area contributed by atoms with Gasteiger partial charge in [0.15, 0.2) is 0 Å². The molecule has 1 aromatic carbocycles. The number of hydrogen-bond donors (Lipinski definition) is 0. The van der Waals surface area contributed by atoms with Gasteiger partial charge >= 0.3 is 0 Å². The molecule has 3 rings (SSSR count). The average Bonchev–Trinajstić information content (AvgIpc) is 3.02. The number of hydrogen-bond acceptors (Lipinski definition) is 2. The van der Waals surface area contributed by atoms with Crippen LogP contribution in [0.25, 0.3) is 0 Å². The van der Waals surface area contributed by atoms with Crippen LogP contribution in [0.2, 0.25) is 5.02 Å². The number of thiophene rings is 1. The molecule has 1 aliphatic rings. The molecule has 0 spiro atoms. The van der Waals surface area contributed by atoms with Gasteiger partial charge in [0.05, 0.1) is 0 Å². The number of rotatable bonds is 2. The van der Waals surface area contributed by atoms with E-state index in [1.54, 1.807) is 24.3 Å². The van der Waals surface area contributed by atoms with Crippen LogP contribution in [0.4, 0.5) is 0 Å². The number of piperidine rings is 1. The Labute approximate surface area is 128 Å². The monoisotopic (exact) mass is 305 g/mol. The van der Waals surface area contributed by atoms with E-state index < -0.39 is 0 Å². The van der Waals surface area contributed by atoms with Crippen molar-refractivity contribution in [3.8, 4) is 0 Å². The smallest absolute Gasteiger partial charge is 0.253 e. The first-order chi connectivity index (χ1) is 9.74. The zero-order valence-electron chi connectivity index (χ0n) is 11.1. The Bertz CT molecular complexity index is 571. The third-order valence-electron chi connectivity index (χ3n) is 3.82. The molecule has 2 nitrogen and oxygen atoms in total. The number of halogens is 1. The third-order valence-corrected chi connectivity index (χ3v) is 5.11. The minimum Gasteiger partial charge on any atom is -0.339 e. The fourth-order valence-corrected chi connectivity index (χ4v) is 3.69. The quantitative estimate of drug-likeness (QED) is 0.804. The highest BCUT2D eigenvalue weighted by molar-refractivity contribution is 7.10. The van der Waals surface area contributed by atoms with Gasteiger partial charge in [0.25, 0.3) is 5.91 Å². The lowest BCUT2D eigenvalue weighted by Crippen LogP contribution is -2.37. The number of likely N-dealkylation sites (tertiary alicyclic amines) is 1. The molecule has 20 heavy (non-hydrogen) atoms. The summed E-state index contributed by atoms with van der Waals surface area (Å²) in [6.07, 6.45) is 2.11. The van der Waals surface area contributed by atoms with E-state index in [-0.39, 0.29) is 5.91 Å². The van der Waals surface area contributed by atoms with Crippen molar-refractivity contribution >= 4 is 28.8 Å². The predicted octanol–water partition coefficient (Wildman–Crippen LogP) is 4.42. The van der Waals surface area contributed by atoms with E-state index in [9.17, 15) is 4.79 Å². The van der Waals surface area contributed by atoms with Crippen molar-refractivity contribution in [3.05, 3.63) is 57.2 Å². The Morgan fingerprint density at radius 1 is 1.15 bits per heavy atom. The Kier molecular flexibility index (Phi) is 4.08. The van der Waals surface area contributed by atoms with Gasteiger partial charge < -0.3 is 4.90 Å². The zero-order chi connectivity index (χ0) is 13.9. The molecule has 1 aromatic heterocycles. The molecule has 1 aliphatic heterocycles. The molecule has 0 atom stereocenters. The summed E-state index contributed by atoms with van der Waals surface area (Å²) in [7, 11) is 0. The molecule has 4 heteroatoms. The van der Waals surface area contributed by atoms with Crippen LogP contribution >= 0.6 is 22.9 Å². The molecular weight excluding hydrogens is 290 g/mol. The first-order valence-electron chi connectivity index (χ1n) is 6.82. The maximum Gasteiger partial charge on any atom is 0.253 e. The topological polar surface area (TPSA) is 20.3 Å². The van der Waals surface area contributed by atoms with Crippen molar-refractivity contribution in [1.82, 2.24) is 4.90 Å². The Hall–Kier alpha value is -1.32. The van der Waals surface area contributed by atoms with E-state index in [2.05, 4.69) is 17.5 Å². The molecule has 2 heterocycles. The molecule has 0 unspecified atom stereocenters. The lowest BCUT2D eigenvalue weighted by Gasteiger charge is -2.31. The van der Waals surface area contributed by atoms with Crippen LogP contribution in [0.3, 0.4) is 0 Å². The summed E-state index contributed by atoms with van der Waals surface area (Å²) in [4.78, 5) is 15.8. The molecule has 0 saturated carbocycles. The van der Waals surface area contributed by atoms with Gasteiger partial charge in [-0.05, 0) is 54.5 Å². The molecule has 2 aromatic rings. The maximum absolute atomic E-state index is 12.4. The second-order valence-corrected chi connectivity index (χ2v) is 6.50. The molecule has 1 amide bonds. The summed E-state index contributed by atoms with van der Waals surface area (Å²) < 4.78 is 0. The molecule has 0 aliphatic carbocycles. The maximum atomic E-state index is 12.4. The van der Waals surface area contributed by atoms with Gasteiger partial charge in [-0.1, -0.05) is 17.7 Å². The van der Waals surface area contributed by atoms with Crippen molar-refractivity contribution in [3.63, 3.8) is 0 Å². The fourth-order valence-electron chi connectivity index (χ4n) is 2.67. The SMILES string of the molecule is O=C(c1ccc(Cl)cc1)N1CCC(c2cccs2)CC1. The minimum atomic E-state index is 0.117. The summed E-state index contributed by atoms with van der Waals surface area (Å²) in [6, 6.07) is 11.4. The van der Waals surface area contributed by atoms with Gasteiger partial charge in [0.1, 0.15) is 0 Å². The number of amides is 1. The fraction of sp³-hybridized carbons (Fsp3) is 0.312. The lowest BCUT2D eigenvalue weighted by molar-refractivity contribution is 0.0714. The highest BCUT2D eigenvalue weighted by Crippen LogP contribution is 2.31. The van der Waals surface area contributed by atoms with E-state index in [0.29, 0.717) is 10.9 Å². The van der Waals surface area contributed by atoms with Crippen LogP contribution in [0.5, 0.6) is 0 Å². The summed E-state index contributed by atoms with van der Waals surface area (Å²) in [5.41, 5.74) is 0.726. The van der Waals surface area contributed by atoms with Gasteiger partial charge in [0, 0.05) is 28.6 Å². The standard InChI is InChI=1S/C16H16ClNOS/c17-14-5-3-13(4-6-14)16(19)18-9-7-12(8-10-18)15-2-1-11-20-15/h1-6,11-12H,7-10H2. The summed E-state index contributed by atoms with van der Waals surface area (Å²) in [5.74, 6) is 0.732. The summed E-state index contributed by atoms with van der Waals surface area (Å²) in [6.45, 7) is 1.67. The second kappa shape index (κ2) is 5.98. The van der Waals surface area contributed by atoms with Crippen LogP contribution in [0.15, 0.2) is 41.8 Å². The first kappa shape index (κ1) is 13.7. The highest BCUT2D eigenvalue weighted by Gasteiger charge is 2.24. The largest absolute Gasteiger partial charge is 0.339 e. The summed E-state index contributed by atoms with van der Waals surface area (Å²) in [5, 5.41) is 2.79. The number of benzene rings is 1. The van der Waals surface area contributed by atoms with Gasteiger partial charge in [-0.2, -0.15) is 0 Å². The van der Waals surface area contributed by atoms with Crippen LogP contribution in [-0.2, 0) is 0 Å². The molecule has 104 valence electrons. The van der Waals surface area contributed by atoms with Crippen molar-refractivity contribution < 1.29 is 4.79 Å². The molecule has 0 N–H and O–H groups in total. The second-order valence-electron chi connectivity index (χ2n) is 5.09. The van der Waals surface area contributed by atoms with Gasteiger partial charge in [-0.15, -0.1) is 11.3 Å². The van der Waals surface area contributed by atoms with Crippen LogP contribution in [-0.4, -0.2) is 23.9 Å². The molecule has 0 radical (unpaired) electrons. The van der Waals surface area contributed by atoms with E-state index in [4.69, 9.17) is 11.6 Å². The Balaban J connectivity index is 1.63. The van der Waals surface area contributed by atoms with Crippen LogP contribution in [0, 0.1) is 0 Å². The molecule has 1 fully saturated rings. The number of carbonyl (C=O) groups excluding carboxylic acids is 1. The minimum absolute atomic E-state index is 0.117. The van der Waals surface area contributed by atoms with Gasteiger partial charge in [-0.3, -0.25) is 4.79 Å². The van der Waals surface area contributed by atoms with E-state index in [1.165, 1.54) is 4.88 Å². The highest BCUT2D eigenvalue weighted by atomic mass is 35.5. The normalized spacial score (nSPS) is 16.4. The van der Waals surface area contributed by atoms with Crippen molar-refractivity contribution in [2.75, 3.05) is 13.1 Å².